The molecule has 1 saturated heterocycles. The lowest BCUT2D eigenvalue weighted by molar-refractivity contribution is -0.124. The number of nitrogens with zero attached hydrogens (tertiary/aromatic N) is 5. The van der Waals surface area contributed by atoms with E-state index in [0.29, 0.717) is 24.7 Å². The van der Waals surface area contributed by atoms with E-state index in [4.69, 9.17) is 4.98 Å². The number of benzene rings is 1. The molecule has 196 valence electrons. The lowest BCUT2D eigenvalue weighted by Gasteiger charge is -2.46. The highest BCUT2D eigenvalue weighted by molar-refractivity contribution is 7.89. The Hall–Kier alpha value is -3.02. The van der Waals surface area contributed by atoms with Gasteiger partial charge in [-0.25, -0.2) is 13.4 Å². The normalized spacial score (nSPS) is 22.6. The lowest BCUT2D eigenvalue weighted by Crippen LogP contribution is -2.51. The Labute approximate surface area is 217 Å². The number of sulfonamides is 1. The van der Waals surface area contributed by atoms with Gasteiger partial charge in [0.05, 0.1) is 16.4 Å². The topological polar surface area (TPSA) is 112 Å². The molecule has 0 bridgehead atoms. The number of fused-ring (bicyclic) bond motifs is 4. The minimum absolute atomic E-state index is 0.0649. The van der Waals surface area contributed by atoms with E-state index < -0.39 is 10.0 Å². The number of amides is 1. The number of nitrogens with one attached hydrogen (secondary N) is 2. The Morgan fingerprint density at radius 3 is 2.46 bits per heavy atom. The van der Waals surface area contributed by atoms with Gasteiger partial charge in [0.1, 0.15) is 11.5 Å². The molecule has 1 atom stereocenters. The second kappa shape index (κ2) is 9.07. The smallest absolute Gasteiger partial charge is 0.243 e. The second-order valence-electron chi connectivity index (χ2n) is 10.6. The third-order valence-electron chi connectivity index (χ3n) is 8.37. The molecule has 2 fully saturated rings. The van der Waals surface area contributed by atoms with E-state index in [-0.39, 0.29) is 22.3 Å². The summed E-state index contributed by atoms with van der Waals surface area (Å²) < 4.78 is 29.9. The van der Waals surface area contributed by atoms with Crippen LogP contribution in [-0.2, 0) is 20.4 Å². The number of piperazine rings is 1. The van der Waals surface area contributed by atoms with Crippen LogP contribution in [0.1, 0.15) is 39.0 Å². The van der Waals surface area contributed by atoms with Gasteiger partial charge < -0.3 is 20.1 Å². The average Bonchev–Trinajstić information content (AvgIpc) is 3.26. The standard InChI is InChI=1S/C26H33N7O3S/c1-18-24(34)29-22-16-19-17-27-25(30-23(19)33(22)26(18)10-4-3-5-11-26)28-20-6-8-21(9-7-20)37(35,36)32-14-12-31(2)13-15-32/h6-9,16-18H,3-5,10-15H2,1-2H3,(H,29,34)(H,27,28,30). The van der Waals surface area contributed by atoms with Crippen LogP contribution in [0.3, 0.4) is 0 Å². The van der Waals surface area contributed by atoms with Crippen molar-refractivity contribution in [1.29, 1.82) is 0 Å². The highest BCUT2D eigenvalue weighted by Gasteiger charge is 2.47. The molecule has 37 heavy (non-hydrogen) atoms. The van der Waals surface area contributed by atoms with Gasteiger partial charge in [0, 0.05) is 43.4 Å². The van der Waals surface area contributed by atoms with E-state index in [2.05, 4.69) is 25.1 Å². The zero-order chi connectivity index (χ0) is 25.8. The summed E-state index contributed by atoms with van der Waals surface area (Å²) in [5, 5.41) is 7.17. The highest BCUT2D eigenvalue weighted by Crippen LogP contribution is 2.48. The van der Waals surface area contributed by atoms with Crippen molar-refractivity contribution < 1.29 is 13.2 Å². The average molecular weight is 524 g/mol. The molecule has 0 radical (unpaired) electrons. The number of carbonyl (C=O) groups is 1. The fourth-order valence-corrected chi connectivity index (χ4v) is 7.52. The minimum atomic E-state index is -3.52. The van der Waals surface area contributed by atoms with Crippen molar-refractivity contribution in [2.45, 2.75) is 49.5 Å². The molecule has 2 aliphatic heterocycles. The van der Waals surface area contributed by atoms with Crippen molar-refractivity contribution in [1.82, 2.24) is 23.7 Å². The quantitative estimate of drug-likeness (QED) is 0.539. The van der Waals surface area contributed by atoms with Crippen molar-refractivity contribution in [3.8, 4) is 0 Å². The third-order valence-corrected chi connectivity index (χ3v) is 10.3. The lowest BCUT2D eigenvalue weighted by atomic mass is 9.72. The first-order valence-corrected chi connectivity index (χ1v) is 14.5. The van der Waals surface area contributed by atoms with Gasteiger partial charge in [-0.3, -0.25) is 4.79 Å². The van der Waals surface area contributed by atoms with Crippen LogP contribution >= 0.6 is 0 Å². The van der Waals surface area contributed by atoms with Crippen LogP contribution in [0.15, 0.2) is 41.4 Å². The maximum atomic E-state index is 13.0. The van der Waals surface area contributed by atoms with Gasteiger partial charge in [-0.15, -0.1) is 0 Å². The predicted octanol–water partition coefficient (Wildman–Crippen LogP) is 3.36. The van der Waals surface area contributed by atoms with Gasteiger partial charge in [-0.05, 0) is 50.2 Å². The Bertz CT molecular complexity index is 1440. The van der Waals surface area contributed by atoms with Crippen molar-refractivity contribution in [2.75, 3.05) is 43.9 Å². The molecule has 10 nitrogen and oxygen atoms in total. The van der Waals surface area contributed by atoms with E-state index >= 15 is 0 Å². The van der Waals surface area contributed by atoms with Crippen LogP contribution in [0.25, 0.3) is 11.0 Å². The number of carbonyl (C=O) groups excluding carboxylic acids is 1. The first-order chi connectivity index (χ1) is 17.8. The van der Waals surface area contributed by atoms with Crippen LogP contribution < -0.4 is 10.6 Å². The predicted molar refractivity (Wildman–Crippen MR) is 142 cm³/mol. The summed E-state index contributed by atoms with van der Waals surface area (Å²) in [4.78, 5) is 24.6. The van der Waals surface area contributed by atoms with Crippen LogP contribution in [0.4, 0.5) is 17.5 Å². The molecule has 11 heteroatoms. The van der Waals surface area contributed by atoms with E-state index in [1.165, 1.54) is 6.42 Å². The van der Waals surface area contributed by atoms with Gasteiger partial charge in [0.15, 0.2) is 0 Å². The van der Waals surface area contributed by atoms with Gasteiger partial charge in [-0.2, -0.15) is 9.29 Å². The molecule has 1 unspecified atom stereocenters. The van der Waals surface area contributed by atoms with Crippen molar-refractivity contribution in [3.05, 3.63) is 36.5 Å². The van der Waals surface area contributed by atoms with Crippen molar-refractivity contribution in [3.63, 3.8) is 0 Å². The number of likely N-dealkylation sites (N-methyl/N-ethyl adjacent to an activating group) is 1. The molecule has 1 aromatic carbocycles. The molecule has 3 aromatic rings. The van der Waals surface area contributed by atoms with E-state index in [1.54, 1.807) is 34.8 Å². The molecular formula is C26H33N7O3S. The van der Waals surface area contributed by atoms with Crippen LogP contribution in [0.2, 0.25) is 0 Å². The summed E-state index contributed by atoms with van der Waals surface area (Å²) in [6, 6.07) is 8.70. The van der Waals surface area contributed by atoms with E-state index in [1.807, 2.05) is 20.0 Å². The van der Waals surface area contributed by atoms with E-state index in [9.17, 15) is 13.2 Å². The third kappa shape index (κ3) is 4.09. The van der Waals surface area contributed by atoms with Crippen LogP contribution in [0.5, 0.6) is 0 Å². The fraction of sp³-hybridized carbons (Fsp3) is 0.500. The second-order valence-corrected chi connectivity index (χ2v) is 12.5. The molecule has 3 aliphatic rings. The number of aromatic nitrogens is 3. The zero-order valence-electron chi connectivity index (χ0n) is 21.3. The Kier molecular flexibility index (Phi) is 5.96. The summed E-state index contributed by atoms with van der Waals surface area (Å²) in [5.74, 6) is 1.13. The molecule has 2 N–H and O–H groups in total. The highest BCUT2D eigenvalue weighted by atomic mass is 32.2. The molecule has 6 rings (SSSR count). The molecule has 1 amide bonds. The number of hydrogen-bond donors (Lipinski definition) is 2. The summed E-state index contributed by atoms with van der Waals surface area (Å²) in [6.07, 6.45) is 7.05. The van der Waals surface area contributed by atoms with Gasteiger partial charge in [0.25, 0.3) is 0 Å². The van der Waals surface area contributed by atoms with Crippen LogP contribution in [0, 0.1) is 5.92 Å². The summed E-state index contributed by atoms with van der Waals surface area (Å²) in [5.41, 5.74) is 1.23. The summed E-state index contributed by atoms with van der Waals surface area (Å²) in [6.45, 7) is 4.47. The van der Waals surface area contributed by atoms with Crippen molar-refractivity contribution in [2.24, 2.45) is 5.92 Å². The largest absolute Gasteiger partial charge is 0.324 e. The number of hydrogen-bond acceptors (Lipinski definition) is 7. The van der Waals surface area contributed by atoms with Crippen LogP contribution in [-0.4, -0.2) is 71.3 Å². The van der Waals surface area contributed by atoms with Gasteiger partial charge >= 0.3 is 0 Å². The van der Waals surface area contributed by atoms with Crippen molar-refractivity contribution >= 4 is 44.4 Å². The monoisotopic (exact) mass is 523 g/mol. The first-order valence-electron chi connectivity index (χ1n) is 13.0. The summed E-state index contributed by atoms with van der Waals surface area (Å²) in [7, 11) is -1.52. The van der Waals surface area contributed by atoms with Gasteiger partial charge in [0.2, 0.25) is 21.9 Å². The Morgan fingerprint density at radius 2 is 1.76 bits per heavy atom. The van der Waals surface area contributed by atoms with Gasteiger partial charge in [-0.1, -0.05) is 26.2 Å². The molecule has 1 spiro atoms. The zero-order valence-corrected chi connectivity index (χ0v) is 22.1. The first kappa shape index (κ1) is 24.3. The Morgan fingerprint density at radius 1 is 1.05 bits per heavy atom. The maximum absolute atomic E-state index is 13.0. The number of anilines is 3. The summed E-state index contributed by atoms with van der Waals surface area (Å²) >= 11 is 0. The Balaban J connectivity index is 1.28. The van der Waals surface area contributed by atoms with E-state index in [0.717, 1.165) is 55.6 Å². The molecule has 4 heterocycles. The minimum Gasteiger partial charge on any atom is -0.324 e. The molecule has 1 aliphatic carbocycles. The fourth-order valence-electron chi connectivity index (χ4n) is 6.10. The molecular weight excluding hydrogens is 490 g/mol. The maximum Gasteiger partial charge on any atom is 0.243 e. The molecule has 1 saturated carbocycles. The number of rotatable bonds is 4. The SMILES string of the molecule is CC1C(=O)Nc2cc3cnc(Nc4ccc(S(=O)(=O)N5CCN(C)CC5)cc4)nc3n2C12CCCCC2. The molecule has 2 aromatic heterocycles.